The molecule has 0 atom stereocenters. The molecular formula is C14H10FNO3S. The van der Waals surface area contributed by atoms with Crippen LogP contribution in [0.1, 0.15) is 15.2 Å². The highest BCUT2D eigenvalue weighted by atomic mass is 32.1. The number of carboxylic acids is 1. The van der Waals surface area contributed by atoms with Crippen LogP contribution >= 0.6 is 11.3 Å². The van der Waals surface area contributed by atoms with E-state index >= 15 is 0 Å². The lowest BCUT2D eigenvalue weighted by Crippen LogP contribution is -2.13. The number of rotatable bonds is 4. The molecule has 0 fully saturated rings. The van der Waals surface area contributed by atoms with Crippen LogP contribution in [0.2, 0.25) is 0 Å². The Bertz CT molecular complexity index is 665. The van der Waals surface area contributed by atoms with Crippen molar-refractivity contribution in [3.05, 3.63) is 58.0 Å². The van der Waals surface area contributed by atoms with Crippen LogP contribution in [-0.4, -0.2) is 17.0 Å². The van der Waals surface area contributed by atoms with Crippen LogP contribution in [0.4, 0.5) is 10.1 Å². The van der Waals surface area contributed by atoms with Gasteiger partial charge in [0.05, 0.1) is 11.3 Å². The Hall–Kier alpha value is -2.47. The highest BCUT2D eigenvalue weighted by Crippen LogP contribution is 2.20. The Morgan fingerprint density at radius 2 is 2.05 bits per heavy atom. The number of para-hydroxylation sites is 1. The summed E-state index contributed by atoms with van der Waals surface area (Å²) in [5, 5.41) is 13.1. The van der Waals surface area contributed by atoms with Gasteiger partial charge in [-0.15, -0.1) is 11.3 Å². The number of carbonyl (C=O) groups is 2. The summed E-state index contributed by atoms with van der Waals surface area (Å²) in [5.74, 6) is -2.68. The molecule has 0 aliphatic heterocycles. The topological polar surface area (TPSA) is 66.4 Å². The van der Waals surface area contributed by atoms with Gasteiger partial charge >= 0.3 is 5.97 Å². The molecule has 2 rings (SSSR count). The van der Waals surface area contributed by atoms with Crippen molar-refractivity contribution in [1.29, 1.82) is 0 Å². The maximum Gasteiger partial charge on any atom is 0.337 e. The SMILES string of the molecule is O=C(/C=C/c1cccs1)Nc1c(F)cccc1C(=O)O. The van der Waals surface area contributed by atoms with Gasteiger partial charge in [0.1, 0.15) is 5.82 Å². The van der Waals surface area contributed by atoms with E-state index in [9.17, 15) is 14.0 Å². The first-order valence-corrected chi connectivity index (χ1v) is 6.50. The summed E-state index contributed by atoms with van der Waals surface area (Å²) in [5.41, 5.74) is -0.622. The predicted molar refractivity (Wildman–Crippen MR) is 75.3 cm³/mol. The molecule has 0 radical (unpaired) electrons. The summed E-state index contributed by atoms with van der Waals surface area (Å²) < 4.78 is 13.6. The minimum atomic E-state index is -1.30. The first-order chi connectivity index (χ1) is 9.58. The molecule has 1 aromatic heterocycles. The first-order valence-electron chi connectivity index (χ1n) is 5.62. The average Bonchev–Trinajstić information content (AvgIpc) is 2.91. The van der Waals surface area contributed by atoms with Gasteiger partial charge in [0, 0.05) is 11.0 Å². The van der Waals surface area contributed by atoms with Gasteiger partial charge in [-0.1, -0.05) is 12.1 Å². The number of amides is 1. The van der Waals surface area contributed by atoms with Gasteiger partial charge < -0.3 is 10.4 Å². The molecular weight excluding hydrogens is 281 g/mol. The van der Waals surface area contributed by atoms with Crippen LogP contribution < -0.4 is 5.32 Å². The molecule has 0 saturated heterocycles. The van der Waals surface area contributed by atoms with E-state index in [1.165, 1.54) is 29.5 Å². The number of hydrogen-bond donors (Lipinski definition) is 2. The lowest BCUT2D eigenvalue weighted by molar-refractivity contribution is -0.111. The number of thiophene rings is 1. The zero-order chi connectivity index (χ0) is 14.5. The molecule has 2 aromatic rings. The molecule has 4 nitrogen and oxygen atoms in total. The molecule has 102 valence electrons. The summed E-state index contributed by atoms with van der Waals surface area (Å²) in [6.07, 6.45) is 2.80. The largest absolute Gasteiger partial charge is 0.478 e. The van der Waals surface area contributed by atoms with Crippen molar-refractivity contribution in [3.8, 4) is 0 Å². The number of aromatic carboxylic acids is 1. The van der Waals surface area contributed by atoms with Crippen molar-refractivity contribution < 1.29 is 19.1 Å². The summed E-state index contributed by atoms with van der Waals surface area (Å²) >= 11 is 1.45. The summed E-state index contributed by atoms with van der Waals surface area (Å²) in [4.78, 5) is 23.5. The van der Waals surface area contributed by atoms with E-state index in [1.54, 1.807) is 6.08 Å². The van der Waals surface area contributed by atoms with E-state index < -0.39 is 17.7 Å². The third kappa shape index (κ3) is 3.30. The molecule has 0 unspecified atom stereocenters. The number of halogens is 1. The van der Waals surface area contributed by atoms with Crippen LogP contribution in [0.3, 0.4) is 0 Å². The van der Waals surface area contributed by atoms with E-state index in [-0.39, 0.29) is 11.3 Å². The Morgan fingerprint density at radius 1 is 1.25 bits per heavy atom. The Balaban J connectivity index is 2.18. The first kappa shape index (κ1) is 14.0. The van der Waals surface area contributed by atoms with Crippen LogP contribution in [0.15, 0.2) is 41.8 Å². The number of nitrogens with one attached hydrogen (secondary N) is 1. The fraction of sp³-hybridized carbons (Fsp3) is 0. The molecule has 1 aromatic carbocycles. The standard InChI is InChI=1S/C14H10FNO3S/c15-11-5-1-4-10(14(18)19)13(11)16-12(17)7-6-9-3-2-8-20-9/h1-8H,(H,16,17)(H,18,19)/b7-6+. The monoisotopic (exact) mass is 291 g/mol. The molecule has 0 aliphatic rings. The Labute approximate surface area is 118 Å². The smallest absolute Gasteiger partial charge is 0.337 e. The fourth-order valence-corrected chi connectivity index (χ4v) is 2.16. The highest BCUT2D eigenvalue weighted by molar-refractivity contribution is 7.10. The van der Waals surface area contributed by atoms with Gasteiger partial charge in [0.15, 0.2) is 0 Å². The van der Waals surface area contributed by atoms with E-state index in [2.05, 4.69) is 5.32 Å². The van der Waals surface area contributed by atoms with Gasteiger partial charge in [0.25, 0.3) is 0 Å². The summed E-state index contributed by atoms with van der Waals surface area (Å²) in [6, 6.07) is 7.24. The van der Waals surface area contributed by atoms with E-state index in [4.69, 9.17) is 5.11 Å². The minimum absolute atomic E-state index is 0.289. The molecule has 2 N–H and O–H groups in total. The summed E-state index contributed by atoms with van der Waals surface area (Å²) in [6.45, 7) is 0. The number of hydrogen-bond acceptors (Lipinski definition) is 3. The van der Waals surface area contributed by atoms with Crippen LogP contribution in [-0.2, 0) is 4.79 Å². The maximum absolute atomic E-state index is 13.6. The van der Waals surface area contributed by atoms with Gasteiger partial charge in [0.2, 0.25) is 5.91 Å². The van der Waals surface area contributed by atoms with Crippen molar-refractivity contribution in [2.75, 3.05) is 5.32 Å². The normalized spacial score (nSPS) is 10.7. The quantitative estimate of drug-likeness (QED) is 0.850. The maximum atomic E-state index is 13.6. The van der Waals surface area contributed by atoms with E-state index in [0.29, 0.717) is 0 Å². The number of carboxylic acid groups (broad SMARTS) is 1. The van der Waals surface area contributed by atoms with Gasteiger partial charge in [-0.05, 0) is 29.7 Å². The Morgan fingerprint density at radius 3 is 2.70 bits per heavy atom. The predicted octanol–water partition coefficient (Wildman–Crippen LogP) is 3.24. The van der Waals surface area contributed by atoms with Gasteiger partial charge in [-0.25, -0.2) is 9.18 Å². The van der Waals surface area contributed by atoms with Crippen molar-refractivity contribution in [3.63, 3.8) is 0 Å². The van der Waals surface area contributed by atoms with Crippen molar-refractivity contribution in [2.24, 2.45) is 0 Å². The van der Waals surface area contributed by atoms with Gasteiger partial charge in [-0.2, -0.15) is 0 Å². The highest BCUT2D eigenvalue weighted by Gasteiger charge is 2.15. The molecule has 0 aliphatic carbocycles. The molecule has 0 bridgehead atoms. The van der Waals surface area contributed by atoms with Crippen molar-refractivity contribution in [1.82, 2.24) is 0 Å². The van der Waals surface area contributed by atoms with Crippen LogP contribution in [0.25, 0.3) is 6.08 Å². The second-order valence-corrected chi connectivity index (χ2v) is 4.78. The lowest BCUT2D eigenvalue weighted by Gasteiger charge is -2.07. The molecule has 0 spiro atoms. The van der Waals surface area contributed by atoms with Crippen LogP contribution in [0.5, 0.6) is 0 Å². The summed E-state index contributed by atoms with van der Waals surface area (Å²) in [7, 11) is 0. The number of carbonyl (C=O) groups excluding carboxylic acids is 1. The lowest BCUT2D eigenvalue weighted by atomic mass is 10.1. The molecule has 20 heavy (non-hydrogen) atoms. The zero-order valence-electron chi connectivity index (χ0n) is 10.2. The van der Waals surface area contributed by atoms with E-state index in [0.717, 1.165) is 10.9 Å². The van der Waals surface area contributed by atoms with E-state index in [1.807, 2.05) is 17.5 Å². The molecule has 0 saturated carbocycles. The third-order valence-electron chi connectivity index (χ3n) is 2.43. The fourth-order valence-electron chi connectivity index (χ4n) is 1.54. The van der Waals surface area contributed by atoms with Crippen molar-refractivity contribution >= 4 is 35.0 Å². The molecule has 1 heterocycles. The van der Waals surface area contributed by atoms with Gasteiger partial charge in [-0.3, -0.25) is 4.79 Å². The minimum Gasteiger partial charge on any atom is -0.478 e. The van der Waals surface area contributed by atoms with Crippen LogP contribution in [0, 0.1) is 5.82 Å². The van der Waals surface area contributed by atoms with Crippen molar-refractivity contribution in [2.45, 2.75) is 0 Å². The second kappa shape index (κ2) is 6.12. The number of benzene rings is 1. The Kier molecular flexibility index (Phi) is 4.27. The molecule has 6 heteroatoms. The third-order valence-corrected chi connectivity index (χ3v) is 3.27. The second-order valence-electron chi connectivity index (χ2n) is 3.81. The number of anilines is 1. The molecule has 1 amide bonds. The average molecular weight is 291 g/mol. The zero-order valence-corrected chi connectivity index (χ0v) is 11.0.